The standard InChI is InChI=1S/C37H22N2S/c38-23-27-8-7-12-28(37(27)39-33-13-4-1-9-29(33)30-10-2-5-14-34(30)39)25-18-16-24(17-19-25)26-20-21-36-32(22-26)31-11-3-6-15-35(31)40-36/h1-22H. The summed E-state index contributed by atoms with van der Waals surface area (Å²) >= 11 is 1.84. The van der Waals surface area contributed by atoms with E-state index in [1.54, 1.807) is 0 Å². The Labute approximate surface area is 235 Å². The molecule has 0 spiro atoms. The van der Waals surface area contributed by atoms with Gasteiger partial charge in [0.1, 0.15) is 6.07 Å². The number of aromatic nitrogens is 1. The molecule has 0 saturated carbocycles. The van der Waals surface area contributed by atoms with Crippen LogP contribution in [0.3, 0.4) is 0 Å². The normalized spacial score (nSPS) is 11.5. The molecule has 6 aromatic carbocycles. The summed E-state index contributed by atoms with van der Waals surface area (Å²) in [6.07, 6.45) is 0. The molecule has 0 aliphatic carbocycles. The highest BCUT2D eigenvalue weighted by Gasteiger charge is 2.18. The Morgan fingerprint density at radius 3 is 1.82 bits per heavy atom. The van der Waals surface area contributed by atoms with Gasteiger partial charge in [0, 0.05) is 36.5 Å². The maximum Gasteiger partial charge on any atom is 0.101 e. The molecule has 0 N–H and O–H groups in total. The van der Waals surface area contributed by atoms with Crippen molar-refractivity contribution in [1.29, 1.82) is 5.26 Å². The molecule has 40 heavy (non-hydrogen) atoms. The molecular formula is C37H22N2S. The number of hydrogen-bond donors (Lipinski definition) is 0. The number of nitriles is 1. The first-order chi connectivity index (χ1) is 19.8. The lowest BCUT2D eigenvalue weighted by molar-refractivity contribution is 1.17. The van der Waals surface area contributed by atoms with E-state index in [4.69, 9.17) is 0 Å². The monoisotopic (exact) mass is 526 g/mol. The van der Waals surface area contributed by atoms with Crippen LogP contribution in [0.25, 0.3) is 69.9 Å². The van der Waals surface area contributed by atoms with Crippen molar-refractivity contribution in [3.05, 3.63) is 139 Å². The summed E-state index contributed by atoms with van der Waals surface area (Å²) in [5.74, 6) is 0. The molecule has 0 aliphatic rings. The second-order valence-electron chi connectivity index (χ2n) is 10.1. The van der Waals surface area contributed by atoms with E-state index in [0.717, 1.165) is 27.8 Å². The molecule has 2 nitrogen and oxygen atoms in total. The van der Waals surface area contributed by atoms with Crippen molar-refractivity contribution in [3.63, 3.8) is 0 Å². The Kier molecular flexibility index (Phi) is 5.10. The summed E-state index contributed by atoms with van der Waals surface area (Å²) in [4.78, 5) is 0. The minimum Gasteiger partial charge on any atom is -0.307 e. The van der Waals surface area contributed by atoms with E-state index in [1.807, 2.05) is 23.5 Å². The van der Waals surface area contributed by atoms with Gasteiger partial charge in [-0.2, -0.15) is 5.26 Å². The second kappa shape index (κ2) is 8.95. The van der Waals surface area contributed by atoms with Gasteiger partial charge < -0.3 is 4.57 Å². The van der Waals surface area contributed by atoms with E-state index >= 15 is 0 Å². The highest BCUT2D eigenvalue weighted by Crippen LogP contribution is 2.39. The minimum absolute atomic E-state index is 0.655. The molecule has 0 bridgehead atoms. The summed E-state index contributed by atoms with van der Waals surface area (Å²) in [6, 6.07) is 49.5. The van der Waals surface area contributed by atoms with Crippen LogP contribution in [0, 0.1) is 11.3 Å². The zero-order chi connectivity index (χ0) is 26.6. The summed E-state index contributed by atoms with van der Waals surface area (Å²) in [6.45, 7) is 0. The van der Waals surface area contributed by atoms with Gasteiger partial charge in [-0.25, -0.2) is 0 Å². The average molecular weight is 527 g/mol. The smallest absolute Gasteiger partial charge is 0.101 e. The molecule has 2 heterocycles. The Balaban J connectivity index is 1.30. The molecule has 0 amide bonds. The fraction of sp³-hybridized carbons (Fsp3) is 0. The lowest BCUT2D eigenvalue weighted by Crippen LogP contribution is -2.00. The van der Waals surface area contributed by atoms with Crippen LogP contribution in [0.5, 0.6) is 0 Å². The third-order valence-corrected chi connectivity index (χ3v) is 9.02. The molecular weight excluding hydrogens is 504 g/mol. The zero-order valence-electron chi connectivity index (χ0n) is 21.5. The van der Waals surface area contributed by atoms with Crippen LogP contribution in [0.2, 0.25) is 0 Å². The van der Waals surface area contributed by atoms with Crippen LogP contribution in [0.15, 0.2) is 133 Å². The van der Waals surface area contributed by atoms with Crippen LogP contribution < -0.4 is 0 Å². The van der Waals surface area contributed by atoms with Crippen molar-refractivity contribution in [2.24, 2.45) is 0 Å². The zero-order valence-corrected chi connectivity index (χ0v) is 22.3. The summed E-state index contributed by atoms with van der Waals surface area (Å²) in [5.41, 5.74) is 8.27. The fourth-order valence-electron chi connectivity index (χ4n) is 6.02. The first-order valence-electron chi connectivity index (χ1n) is 13.3. The van der Waals surface area contributed by atoms with Crippen molar-refractivity contribution in [2.75, 3.05) is 0 Å². The van der Waals surface area contributed by atoms with Crippen LogP contribution >= 0.6 is 11.3 Å². The fourth-order valence-corrected chi connectivity index (χ4v) is 7.11. The van der Waals surface area contributed by atoms with Gasteiger partial charge in [-0.15, -0.1) is 11.3 Å². The molecule has 3 heteroatoms. The molecule has 0 fully saturated rings. The van der Waals surface area contributed by atoms with Crippen LogP contribution in [0.4, 0.5) is 0 Å². The largest absolute Gasteiger partial charge is 0.307 e. The number of benzene rings is 6. The number of hydrogen-bond acceptors (Lipinski definition) is 2. The first-order valence-corrected chi connectivity index (χ1v) is 14.2. The predicted molar refractivity (Wildman–Crippen MR) is 169 cm³/mol. The SMILES string of the molecule is N#Cc1cccc(-c2ccc(-c3ccc4sc5ccccc5c4c3)cc2)c1-n1c2ccccc2c2ccccc21. The van der Waals surface area contributed by atoms with Crippen molar-refractivity contribution >= 4 is 53.3 Å². The van der Waals surface area contributed by atoms with Gasteiger partial charge in [0.05, 0.1) is 22.3 Å². The van der Waals surface area contributed by atoms with Crippen LogP contribution in [0.1, 0.15) is 5.56 Å². The van der Waals surface area contributed by atoms with Gasteiger partial charge in [-0.3, -0.25) is 0 Å². The number of rotatable bonds is 3. The molecule has 0 saturated heterocycles. The molecule has 0 unspecified atom stereocenters. The molecule has 0 radical (unpaired) electrons. The summed E-state index contributed by atoms with van der Waals surface area (Å²) in [5, 5.41) is 15.2. The van der Waals surface area contributed by atoms with E-state index in [0.29, 0.717) is 5.56 Å². The lowest BCUT2D eigenvalue weighted by Gasteiger charge is -2.16. The van der Waals surface area contributed by atoms with Gasteiger partial charge in [-0.1, -0.05) is 97.1 Å². The van der Waals surface area contributed by atoms with E-state index < -0.39 is 0 Å². The van der Waals surface area contributed by atoms with E-state index in [9.17, 15) is 5.26 Å². The number of fused-ring (bicyclic) bond motifs is 6. The van der Waals surface area contributed by atoms with Gasteiger partial charge in [0.25, 0.3) is 0 Å². The molecule has 8 rings (SSSR count). The van der Waals surface area contributed by atoms with Gasteiger partial charge in [-0.05, 0) is 53.1 Å². The summed E-state index contributed by atoms with van der Waals surface area (Å²) in [7, 11) is 0. The molecule has 8 aromatic rings. The number of para-hydroxylation sites is 3. The third kappa shape index (κ3) is 3.41. The van der Waals surface area contributed by atoms with Crippen molar-refractivity contribution < 1.29 is 0 Å². The Bertz CT molecular complexity index is 2220. The molecule has 0 atom stereocenters. The van der Waals surface area contributed by atoms with E-state index in [-0.39, 0.29) is 0 Å². The first kappa shape index (κ1) is 22.8. The maximum absolute atomic E-state index is 10.2. The number of nitrogens with zero attached hydrogens (tertiary/aromatic N) is 2. The van der Waals surface area contributed by atoms with Crippen LogP contribution in [-0.4, -0.2) is 4.57 Å². The molecule has 0 aliphatic heterocycles. The van der Waals surface area contributed by atoms with Crippen LogP contribution in [-0.2, 0) is 0 Å². The van der Waals surface area contributed by atoms with Crippen molar-refractivity contribution in [2.45, 2.75) is 0 Å². The third-order valence-electron chi connectivity index (χ3n) is 7.87. The van der Waals surface area contributed by atoms with Crippen molar-refractivity contribution in [1.82, 2.24) is 4.57 Å². The minimum atomic E-state index is 0.655. The topological polar surface area (TPSA) is 28.7 Å². The van der Waals surface area contributed by atoms with Gasteiger partial charge in [0.2, 0.25) is 0 Å². The maximum atomic E-state index is 10.2. The Morgan fingerprint density at radius 2 is 1.10 bits per heavy atom. The van der Waals surface area contributed by atoms with Gasteiger partial charge in [0.15, 0.2) is 0 Å². The average Bonchev–Trinajstić information content (AvgIpc) is 3.56. The van der Waals surface area contributed by atoms with Gasteiger partial charge >= 0.3 is 0 Å². The van der Waals surface area contributed by atoms with E-state index in [2.05, 4.69) is 132 Å². The predicted octanol–water partition coefficient (Wildman–Crippen LogP) is 10.4. The van der Waals surface area contributed by atoms with E-state index in [1.165, 1.54) is 42.1 Å². The molecule has 2 aromatic heterocycles. The molecule has 186 valence electrons. The van der Waals surface area contributed by atoms with Crippen molar-refractivity contribution in [3.8, 4) is 34.0 Å². The lowest BCUT2D eigenvalue weighted by atomic mass is 9.96. The highest BCUT2D eigenvalue weighted by molar-refractivity contribution is 7.25. The Morgan fingerprint density at radius 1 is 0.500 bits per heavy atom. The quantitative estimate of drug-likeness (QED) is 0.225. The second-order valence-corrected chi connectivity index (χ2v) is 11.2. The number of thiophene rings is 1. The summed E-state index contributed by atoms with van der Waals surface area (Å²) < 4.78 is 4.88. The highest BCUT2D eigenvalue weighted by atomic mass is 32.1. The Hall–Kier alpha value is -5.17.